The average Bonchev–Trinajstić information content (AvgIpc) is 1.63. The van der Waals surface area contributed by atoms with Gasteiger partial charge < -0.3 is 10.8 Å². The van der Waals surface area contributed by atoms with Crippen molar-refractivity contribution in [1.29, 1.82) is 0 Å². The van der Waals surface area contributed by atoms with E-state index in [0.717, 1.165) is 0 Å². The van der Waals surface area contributed by atoms with E-state index < -0.39 is 12.0 Å². The number of carboxylic acids is 1. The van der Waals surface area contributed by atoms with Crippen LogP contribution in [0.2, 0.25) is 0 Å². The molecule has 1 atom stereocenters. The molecule has 0 aromatic carbocycles. The Morgan fingerprint density at radius 2 is 2.00 bits per heavy atom. The summed E-state index contributed by atoms with van der Waals surface area (Å²) in [7, 11) is 0. The molecule has 0 amide bonds. The topological polar surface area (TPSA) is 63.3 Å². The summed E-state index contributed by atoms with van der Waals surface area (Å²) >= 11 is 0. The zero-order chi connectivity index (χ0) is 7.44. The molecule has 0 fully saturated rings. The van der Waals surface area contributed by atoms with Crippen molar-refractivity contribution in [3.63, 3.8) is 0 Å². The third-order valence-electron chi connectivity index (χ3n) is 1.04. The predicted molar refractivity (Wildman–Crippen MR) is 40.8 cm³/mol. The van der Waals surface area contributed by atoms with E-state index in [2.05, 4.69) is 0 Å². The van der Waals surface area contributed by atoms with Crippen LogP contribution < -0.4 is 5.73 Å². The maximum absolute atomic E-state index is 10.1. The fraction of sp³-hybridized carbons (Fsp3) is 0.833. The van der Waals surface area contributed by atoms with Crippen molar-refractivity contribution in [2.75, 3.05) is 0 Å². The SMILES string of the molecule is CC(C)C[C@H](N)C(=O)O.[Ga+3]. The van der Waals surface area contributed by atoms with Crippen LogP contribution in [-0.4, -0.2) is 36.9 Å². The van der Waals surface area contributed by atoms with Crippen LogP contribution in [0.5, 0.6) is 0 Å². The van der Waals surface area contributed by atoms with Crippen LogP contribution in [0.25, 0.3) is 0 Å². The summed E-state index contributed by atoms with van der Waals surface area (Å²) in [5.41, 5.74) is 5.22. The van der Waals surface area contributed by atoms with Crippen LogP contribution in [-0.2, 0) is 4.79 Å². The number of nitrogens with two attached hydrogens (primary N) is 1. The van der Waals surface area contributed by atoms with Gasteiger partial charge in [-0.3, -0.25) is 4.79 Å². The van der Waals surface area contributed by atoms with Crippen LogP contribution in [0.1, 0.15) is 20.3 Å². The predicted octanol–water partition coefficient (Wildman–Crippen LogP) is 0.0636. The quantitative estimate of drug-likeness (QED) is 0.634. The molecule has 0 saturated carbocycles. The molecule has 4 heteroatoms. The molecule has 0 spiro atoms. The zero-order valence-corrected chi connectivity index (χ0v) is 8.79. The number of hydrogen-bond acceptors (Lipinski definition) is 2. The molecule has 0 radical (unpaired) electrons. The van der Waals surface area contributed by atoms with E-state index in [1.165, 1.54) is 0 Å². The Hall–Kier alpha value is 0.0664. The third kappa shape index (κ3) is 6.19. The summed E-state index contributed by atoms with van der Waals surface area (Å²) in [6, 6.07) is -0.690. The molecule has 10 heavy (non-hydrogen) atoms. The first-order valence-electron chi connectivity index (χ1n) is 3.02. The molecule has 0 aliphatic carbocycles. The molecule has 54 valence electrons. The molecule has 0 aliphatic rings. The summed E-state index contributed by atoms with van der Waals surface area (Å²) in [6.07, 6.45) is 0.551. The van der Waals surface area contributed by atoms with E-state index in [1.807, 2.05) is 13.8 Å². The zero-order valence-electron chi connectivity index (χ0n) is 6.37. The molecule has 0 rings (SSSR count). The second kappa shape index (κ2) is 5.82. The number of carboxylic acid groups (broad SMARTS) is 1. The molecule has 0 aromatic heterocycles. The largest absolute Gasteiger partial charge is 3.00 e. The van der Waals surface area contributed by atoms with Crippen molar-refractivity contribution in [3.8, 4) is 0 Å². The van der Waals surface area contributed by atoms with E-state index in [0.29, 0.717) is 12.3 Å². The molecule has 0 aliphatic heterocycles. The van der Waals surface area contributed by atoms with E-state index >= 15 is 0 Å². The summed E-state index contributed by atoms with van der Waals surface area (Å²) in [5.74, 6) is -0.556. The minimum atomic E-state index is -0.913. The van der Waals surface area contributed by atoms with Crippen LogP contribution in [0, 0.1) is 5.92 Å². The Bertz CT molecular complexity index is 106. The smallest absolute Gasteiger partial charge is 0.480 e. The molecule has 3 nitrogen and oxygen atoms in total. The van der Waals surface area contributed by atoms with Crippen molar-refractivity contribution in [2.24, 2.45) is 11.7 Å². The van der Waals surface area contributed by atoms with Crippen molar-refractivity contribution < 1.29 is 9.90 Å². The Balaban J connectivity index is 0. The van der Waals surface area contributed by atoms with Crippen molar-refractivity contribution in [1.82, 2.24) is 0 Å². The molecule has 0 saturated heterocycles. The summed E-state index contributed by atoms with van der Waals surface area (Å²) in [4.78, 5) is 10.1. The van der Waals surface area contributed by atoms with Gasteiger partial charge in [-0.2, -0.15) is 0 Å². The third-order valence-corrected chi connectivity index (χ3v) is 1.04. The molecular weight excluding hydrogens is 188 g/mol. The Morgan fingerprint density at radius 3 is 2.10 bits per heavy atom. The monoisotopic (exact) mass is 200 g/mol. The molecule has 0 heterocycles. The number of hydrogen-bond donors (Lipinski definition) is 2. The maximum Gasteiger partial charge on any atom is 3.00 e. The average molecular weight is 201 g/mol. The molecule has 3 N–H and O–H groups in total. The van der Waals surface area contributed by atoms with Crippen LogP contribution >= 0.6 is 0 Å². The van der Waals surface area contributed by atoms with E-state index in [9.17, 15) is 4.79 Å². The van der Waals surface area contributed by atoms with E-state index in [4.69, 9.17) is 10.8 Å². The Labute approximate surface area is 74.0 Å². The first-order chi connectivity index (χ1) is 4.04. The standard InChI is InChI=1S/C6H13NO2.Ga/c1-4(2)3-5(7)6(8)9;/h4-5H,3,7H2,1-2H3,(H,8,9);/q;+3/t5-;/m0./s1. The van der Waals surface area contributed by atoms with Crippen molar-refractivity contribution in [2.45, 2.75) is 26.3 Å². The fourth-order valence-corrected chi connectivity index (χ4v) is 0.609. The van der Waals surface area contributed by atoms with Crippen LogP contribution in [0.4, 0.5) is 0 Å². The minimum absolute atomic E-state index is 0. The summed E-state index contributed by atoms with van der Waals surface area (Å²) < 4.78 is 0. The second-order valence-electron chi connectivity index (χ2n) is 2.57. The summed E-state index contributed by atoms with van der Waals surface area (Å²) in [6.45, 7) is 3.89. The van der Waals surface area contributed by atoms with E-state index in [1.54, 1.807) is 0 Å². The van der Waals surface area contributed by atoms with Gasteiger partial charge in [0.25, 0.3) is 0 Å². The normalized spacial score (nSPS) is 12.4. The van der Waals surface area contributed by atoms with Gasteiger partial charge in [-0.05, 0) is 12.3 Å². The van der Waals surface area contributed by atoms with Crippen LogP contribution in [0.15, 0.2) is 0 Å². The molecule has 0 unspecified atom stereocenters. The molecular formula is C6H13GaNO2+3. The van der Waals surface area contributed by atoms with Gasteiger partial charge in [0.1, 0.15) is 6.04 Å². The van der Waals surface area contributed by atoms with Gasteiger partial charge >= 0.3 is 25.8 Å². The summed E-state index contributed by atoms with van der Waals surface area (Å²) in [5, 5.41) is 8.31. The van der Waals surface area contributed by atoms with Gasteiger partial charge in [-0.1, -0.05) is 13.8 Å². The number of rotatable bonds is 3. The first-order valence-corrected chi connectivity index (χ1v) is 3.02. The van der Waals surface area contributed by atoms with Gasteiger partial charge in [0.05, 0.1) is 0 Å². The van der Waals surface area contributed by atoms with Gasteiger partial charge in [0.15, 0.2) is 0 Å². The Morgan fingerprint density at radius 1 is 1.60 bits per heavy atom. The maximum atomic E-state index is 10.1. The van der Waals surface area contributed by atoms with E-state index in [-0.39, 0.29) is 19.8 Å². The van der Waals surface area contributed by atoms with Crippen molar-refractivity contribution >= 4 is 25.8 Å². The molecule has 0 aromatic rings. The van der Waals surface area contributed by atoms with Gasteiger partial charge in [0.2, 0.25) is 0 Å². The minimum Gasteiger partial charge on any atom is -0.480 e. The number of carbonyl (C=O) groups is 1. The molecule has 0 bridgehead atoms. The second-order valence-corrected chi connectivity index (χ2v) is 2.57. The number of aliphatic carboxylic acids is 1. The Kier molecular flexibility index (Phi) is 7.40. The van der Waals surface area contributed by atoms with Crippen molar-refractivity contribution in [3.05, 3.63) is 0 Å². The van der Waals surface area contributed by atoms with Crippen LogP contribution in [0.3, 0.4) is 0 Å². The fourth-order valence-electron chi connectivity index (χ4n) is 0.609. The van der Waals surface area contributed by atoms with Gasteiger partial charge in [-0.25, -0.2) is 0 Å². The van der Waals surface area contributed by atoms with Gasteiger partial charge in [0, 0.05) is 0 Å². The first kappa shape index (κ1) is 12.7. The van der Waals surface area contributed by atoms with Gasteiger partial charge in [-0.15, -0.1) is 0 Å².